The van der Waals surface area contributed by atoms with E-state index in [1.807, 2.05) is 25.1 Å². The van der Waals surface area contributed by atoms with Crippen molar-refractivity contribution in [3.63, 3.8) is 0 Å². The molecule has 0 spiro atoms. The summed E-state index contributed by atoms with van der Waals surface area (Å²) < 4.78 is 53.7. The van der Waals surface area contributed by atoms with Crippen LogP contribution < -0.4 is 4.31 Å². The zero-order valence-electron chi connectivity index (χ0n) is 20.7. The van der Waals surface area contributed by atoms with Gasteiger partial charge in [0.1, 0.15) is 12.4 Å². The number of methoxy groups -OCH3 is 1. The van der Waals surface area contributed by atoms with E-state index in [-0.39, 0.29) is 18.0 Å². The predicted molar refractivity (Wildman–Crippen MR) is 143 cm³/mol. The molecule has 0 unspecified atom stereocenters. The molecule has 0 saturated heterocycles. The van der Waals surface area contributed by atoms with Crippen molar-refractivity contribution in [2.75, 3.05) is 24.6 Å². The fraction of sp³-hybridized carbons (Fsp3) is 0.250. The molecular formula is C28H27ClFNO5S. The molecule has 1 aliphatic rings. The molecule has 4 rings (SSSR count). The Kier molecular flexibility index (Phi) is 8.02. The normalized spacial score (nSPS) is 15.9. The lowest BCUT2D eigenvalue weighted by atomic mass is 9.97. The molecule has 1 atom stereocenters. The van der Waals surface area contributed by atoms with Gasteiger partial charge in [0, 0.05) is 12.0 Å². The number of halogens is 2. The predicted octanol–water partition coefficient (Wildman–Crippen LogP) is 5.66. The molecule has 0 bridgehead atoms. The van der Waals surface area contributed by atoms with Gasteiger partial charge in [0.05, 0.1) is 35.4 Å². The molecule has 37 heavy (non-hydrogen) atoms. The number of hydrogen-bond acceptors (Lipinski definition) is 5. The first-order valence-corrected chi connectivity index (χ1v) is 13.5. The van der Waals surface area contributed by atoms with Gasteiger partial charge >= 0.3 is 5.97 Å². The lowest BCUT2D eigenvalue weighted by molar-refractivity contribution is -0.147. The van der Waals surface area contributed by atoms with Gasteiger partial charge in [-0.05, 0) is 66.4 Å². The maximum atomic E-state index is 14.5. The van der Waals surface area contributed by atoms with Crippen molar-refractivity contribution in [2.45, 2.75) is 31.3 Å². The molecule has 0 N–H and O–H groups in total. The molecule has 9 heteroatoms. The summed E-state index contributed by atoms with van der Waals surface area (Å²) in [6, 6.07) is 16.6. The third kappa shape index (κ3) is 5.87. The van der Waals surface area contributed by atoms with Crippen molar-refractivity contribution >= 4 is 44.9 Å². The molecule has 0 aromatic heterocycles. The summed E-state index contributed by atoms with van der Waals surface area (Å²) in [6.45, 7) is 3.32. The third-order valence-electron chi connectivity index (χ3n) is 6.18. The fourth-order valence-electron chi connectivity index (χ4n) is 4.35. The average molecular weight is 544 g/mol. The zero-order chi connectivity index (χ0) is 26.7. The first-order valence-electron chi connectivity index (χ1n) is 11.6. The van der Waals surface area contributed by atoms with E-state index in [1.165, 1.54) is 17.5 Å². The van der Waals surface area contributed by atoms with Gasteiger partial charge in [0.2, 0.25) is 0 Å². The molecule has 1 heterocycles. The van der Waals surface area contributed by atoms with Crippen LogP contribution in [0.15, 0.2) is 65.6 Å². The SMILES string of the molecule is COC(=O)CO[C@@H]1Cc2ccc(/C=C(\C)c3c(F)cccc3Cl)cc2N(S(=O)(=O)c2cccc(C)c2)C1. The topological polar surface area (TPSA) is 72.9 Å². The van der Waals surface area contributed by atoms with Crippen LogP contribution in [0.2, 0.25) is 5.02 Å². The van der Waals surface area contributed by atoms with E-state index in [0.29, 0.717) is 33.8 Å². The van der Waals surface area contributed by atoms with E-state index in [2.05, 4.69) is 4.74 Å². The maximum absolute atomic E-state index is 14.5. The van der Waals surface area contributed by atoms with Crippen molar-refractivity contribution in [1.29, 1.82) is 0 Å². The van der Waals surface area contributed by atoms with Crippen LogP contribution in [0.5, 0.6) is 0 Å². The number of ether oxygens (including phenoxy) is 2. The molecule has 0 fully saturated rings. The third-order valence-corrected chi connectivity index (χ3v) is 8.27. The van der Waals surface area contributed by atoms with E-state index in [1.54, 1.807) is 49.4 Å². The summed E-state index contributed by atoms with van der Waals surface area (Å²) >= 11 is 6.23. The van der Waals surface area contributed by atoms with Crippen LogP contribution in [0.3, 0.4) is 0 Å². The van der Waals surface area contributed by atoms with Gasteiger partial charge in [-0.15, -0.1) is 0 Å². The number of anilines is 1. The van der Waals surface area contributed by atoms with Gasteiger partial charge in [-0.25, -0.2) is 17.6 Å². The molecule has 0 amide bonds. The number of fused-ring (bicyclic) bond motifs is 1. The minimum Gasteiger partial charge on any atom is -0.467 e. The standard InChI is InChI=1S/C28H27ClFNO5S/c1-18-6-4-7-23(12-18)37(33,34)31-16-22(36-17-27(32)35-3)15-21-11-10-20(14-26(21)31)13-19(2)28-24(29)8-5-9-25(28)30/h4-14,22H,15-17H2,1-3H3/b19-13+/t22-/m1/s1. The van der Waals surface area contributed by atoms with Crippen LogP contribution in [0.4, 0.5) is 10.1 Å². The van der Waals surface area contributed by atoms with E-state index < -0.39 is 27.9 Å². The van der Waals surface area contributed by atoms with Crippen LogP contribution in [0.1, 0.15) is 29.2 Å². The minimum absolute atomic E-state index is 0.0194. The lowest BCUT2D eigenvalue weighted by Crippen LogP contribution is -2.44. The van der Waals surface area contributed by atoms with Crippen LogP contribution in [-0.4, -0.2) is 40.8 Å². The molecular weight excluding hydrogens is 517 g/mol. The van der Waals surface area contributed by atoms with Crippen molar-refractivity contribution in [2.24, 2.45) is 0 Å². The second-order valence-electron chi connectivity index (χ2n) is 8.88. The number of carbonyl (C=O) groups is 1. The molecule has 0 radical (unpaired) electrons. The highest BCUT2D eigenvalue weighted by molar-refractivity contribution is 7.92. The molecule has 3 aromatic carbocycles. The Bertz CT molecular complexity index is 1450. The maximum Gasteiger partial charge on any atom is 0.331 e. The number of hydrogen-bond donors (Lipinski definition) is 0. The molecule has 194 valence electrons. The van der Waals surface area contributed by atoms with Crippen molar-refractivity contribution < 1.29 is 27.1 Å². The quantitative estimate of drug-likeness (QED) is 0.284. The second-order valence-corrected chi connectivity index (χ2v) is 11.1. The number of rotatable bonds is 7. The first kappa shape index (κ1) is 26.9. The molecule has 1 aliphatic heterocycles. The molecule has 3 aromatic rings. The molecule has 0 aliphatic carbocycles. The zero-order valence-corrected chi connectivity index (χ0v) is 22.3. The number of allylic oxidation sites excluding steroid dienone is 1. The monoisotopic (exact) mass is 543 g/mol. The summed E-state index contributed by atoms with van der Waals surface area (Å²) in [5.74, 6) is -0.977. The number of aryl methyl sites for hydroxylation is 1. The van der Waals surface area contributed by atoms with E-state index in [9.17, 15) is 17.6 Å². The van der Waals surface area contributed by atoms with Crippen LogP contribution in [0, 0.1) is 12.7 Å². The first-order chi connectivity index (χ1) is 17.6. The Morgan fingerprint density at radius 3 is 2.62 bits per heavy atom. The summed E-state index contributed by atoms with van der Waals surface area (Å²) in [5.41, 5.74) is 3.64. The molecule has 0 saturated carbocycles. The Balaban J connectivity index is 1.77. The highest BCUT2D eigenvalue weighted by atomic mass is 35.5. The number of sulfonamides is 1. The Hall–Kier alpha value is -3.20. The minimum atomic E-state index is -3.95. The van der Waals surface area contributed by atoms with E-state index >= 15 is 0 Å². The highest BCUT2D eigenvalue weighted by Gasteiger charge is 2.34. The number of nitrogens with zero attached hydrogens (tertiary/aromatic N) is 1. The van der Waals surface area contributed by atoms with Gasteiger partial charge in [-0.3, -0.25) is 4.31 Å². The van der Waals surface area contributed by atoms with E-state index in [4.69, 9.17) is 16.3 Å². The summed E-state index contributed by atoms with van der Waals surface area (Å²) in [5, 5.41) is 0.293. The number of carbonyl (C=O) groups excluding carboxylic acids is 1. The Labute approximate surface area is 221 Å². The smallest absolute Gasteiger partial charge is 0.331 e. The number of esters is 1. The summed E-state index contributed by atoms with van der Waals surface area (Å²) in [6.07, 6.45) is 1.63. The highest BCUT2D eigenvalue weighted by Crippen LogP contribution is 2.35. The van der Waals surface area contributed by atoms with Crippen molar-refractivity contribution in [3.8, 4) is 0 Å². The van der Waals surface area contributed by atoms with Crippen LogP contribution in [-0.2, 0) is 30.7 Å². The van der Waals surface area contributed by atoms with Gasteiger partial charge < -0.3 is 9.47 Å². The largest absolute Gasteiger partial charge is 0.467 e. The summed E-state index contributed by atoms with van der Waals surface area (Å²) in [7, 11) is -2.68. The van der Waals surface area contributed by atoms with E-state index in [0.717, 1.165) is 11.1 Å². The van der Waals surface area contributed by atoms with Crippen molar-refractivity contribution in [1.82, 2.24) is 0 Å². The van der Waals surface area contributed by atoms with Gasteiger partial charge in [-0.1, -0.05) is 48.0 Å². The fourth-order valence-corrected chi connectivity index (χ4v) is 6.30. The molecule has 6 nitrogen and oxygen atoms in total. The number of benzene rings is 3. The average Bonchev–Trinajstić information content (AvgIpc) is 2.86. The van der Waals surface area contributed by atoms with Gasteiger partial charge in [0.15, 0.2) is 0 Å². The van der Waals surface area contributed by atoms with Gasteiger partial charge in [0.25, 0.3) is 10.0 Å². The van der Waals surface area contributed by atoms with Crippen LogP contribution in [0.25, 0.3) is 11.6 Å². The van der Waals surface area contributed by atoms with Gasteiger partial charge in [-0.2, -0.15) is 0 Å². The Morgan fingerprint density at radius 2 is 1.92 bits per heavy atom. The summed E-state index contributed by atoms with van der Waals surface area (Å²) in [4.78, 5) is 11.8. The Morgan fingerprint density at radius 1 is 1.16 bits per heavy atom. The lowest BCUT2D eigenvalue weighted by Gasteiger charge is -2.35. The second kappa shape index (κ2) is 11.0. The van der Waals surface area contributed by atoms with Crippen molar-refractivity contribution in [3.05, 3.63) is 93.8 Å². The van der Waals surface area contributed by atoms with Crippen LogP contribution >= 0.6 is 11.6 Å².